The van der Waals surface area contributed by atoms with Gasteiger partial charge in [-0.3, -0.25) is 4.90 Å². The second kappa shape index (κ2) is 6.01. The molecule has 0 N–H and O–H groups in total. The predicted octanol–water partition coefficient (Wildman–Crippen LogP) is 3.10. The molecule has 142 valence electrons. The summed E-state index contributed by atoms with van der Waals surface area (Å²) in [5.41, 5.74) is 0.322. The quantitative estimate of drug-likeness (QED) is 0.812. The van der Waals surface area contributed by atoms with Crippen LogP contribution in [0, 0.1) is 23.6 Å². The molecule has 1 saturated heterocycles. The molecule has 6 heteroatoms. The molecule has 4 nitrogen and oxygen atoms in total. The number of benzene rings is 1. The standard InChI is InChI=1S/C20H27FN2O2S/c21-18-3-1-2-4-19(18)26(24,25)23-7-5-22(6-8-23)20-12-15-9-16(13-20)11-17(10-15)14-20/h1-4,15-17H,5-14H2. The van der Waals surface area contributed by atoms with Crippen LogP contribution in [-0.4, -0.2) is 49.3 Å². The van der Waals surface area contributed by atoms with Crippen LogP contribution in [0.2, 0.25) is 0 Å². The van der Waals surface area contributed by atoms with E-state index in [1.165, 1.54) is 61.0 Å². The van der Waals surface area contributed by atoms with Gasteiger partial charge in [-0.1, -0.05) is 12.1 Å². The highest BCUT2D eigenvalue weighted by Crippen LogP contribution is 2.57. The number of piperazine rings is 1. The average molecular weight is 379 g/mol. The summed E-state index contributed by atoms with van der Waals surface area (Å²) in [7, 11) is -3.74. The fourth-order valence-corrected chi connectivity index (χ4v) is 8.14. The second-order valence-electron chi connectivity index (χ2n) is 8.96. The Morgan fingerprint density at radius 3 is 1.96 bits per heavy atom. The molecule has 0 amide bonds. The Morgan fingerprint density at radius 1 is 0.885 bits per heavy atom. The molecule has 4 saturated carbocycles. The van der Waals surface area contributed by atoms with Crippen molar-refractivity contribution in [1.82, 2.24) is 9.21 Å². The van der Waals surface area contributed by atoms with Gasteiger partial charge in [0.2, 0.25) is 10.0 Å². The Bertz CT molecular complexity index is 766. The fraction of sp³-hybridized carbons (Fsp3) is 0.700. The van der Waals surface area contributed by atoms with Crippen LogP contribution in [0.15, 0.2) is 29.2 Å². The Hall–Kier alpha value is -0.980. The van der Waals surface area contributed by atoms with Crippen LogP contribution >= 0.6 is 0 Å². The van der Waals surface area contributed by atoms with Gasteiger partial charge in [-0.25, -0.2) is 12.8 Å². The largest absolute Gasteiger partial charge is 0.295 e. The van der Waals surface area contributed by atoms with E-state index in [4.69, 9.17) is 0 Å². The van der Waals surface area contributed by atoms with Crippen LogP contribution in [-0.2, 0) is 10.0 Å². The number of halogens is 1. The lowest BCUT2D eigenvalue weighted by atomic mass is 9.52. The summed E-state index contributed by atoms with van der Waals surface area (Å²) in [4.78, 5) is 2.40. The van der Waals surface area contributed by atoms with Gasteiger partial charge in [-0.2, -0.15) is 4.31 Å². The van der Waals surface area contributed by atoms with Crippen molar-refractivity contribution >= 4 is 10.0 Å². The van der Waals surface area contributed by atoms with Crippen LogP contribution in [0.4, 0.5) is 4.39 Å². The fourth-order valence-electron chi connectivity index (χ4n) is 6.65. The Morgan fingerprint density at radius 2 is 1.42 bits per heavy atom. The van der Waals surface area contributed by atoms with Crippen LogP contribution in [0.3, 0.4) is 0 Å². The van der Waals surface area contributed by atoms with Crippen LogP contribution in [0.5, 0.6) is 0 Å². The first-order valence-corrected chi connectivity index (χ1v) is 11.4. The Kier molecular flexibility index (Phi) is 3.96. The van der Waals surface area contributed by atoms with E-state index in [-0.39, 0.29) is 4.90 Å². The van der Waals surface area contributed by atoms with E-state index in [0.29, 0.717) is 18.6 Å². The van der Waals surface area contributed by atoms with Crippen molar-refractivity contribution in [2.75, 3.05) is 26.2 Å². The van der Waals surface area contributed by atoms with Gasteiger partial charge in [-0.05, 0) is 68.4 Å². The van der Waals surface area contributed by atoms with Crippen LogP contribution < -0.4 is 0 Å². The molecule has 5 aliphatic rings. The molecule has 26 heavy (non-hydrogen) atoms. The summed E-state index contributed by atoms with van der Waals surface area (Å²) in [6.07, 6.45) is 8.17. The highest BCUT2D eigenvalue weighted by Gasteiger charge is 2.54. The van der Waals surface area contributed by atoms with Gasteiger partial charge in [0.25, 0.3) is 0 Å². The van der Waals surface area contributed by atoms with E-state index in [2.05, 4.69) is 4.90 Å². The molecule has 0 radical (unpaired) electrons. The zero-order chi connectivity index (χ0) is 17.9. The first kappa shape index (κ1) is 17.1. The van der Waals surface area contributed by atoms with Crippen molar-refractivity contribution in [2.45, 2.75) is 49.0 Å². The van der Waals surface area contributed by atoms with Crippen molar-refractivity contribution in [3.05, 3.63) is 30.1 Å². The molecule has 1 aromatic carbocycles. The zero-order valence-electron chi connectivity index (χ0n) is 15.1. The maximum absolute atomic E-state index is 14.0. The van der Waals surface area contributed by atoms with Gasteiger partial charge >= 0.3 is 0 Å². The van der Waals surface area contributed by atoms with Crippen molar-refractivity contribution in [3.63, 3.8) is 0 Å². The highest BCUT2D eigenvalue weighted by atomic mass is 32.2. The molecule has 4 bridgehead atoms. The van der Waals surface area contributed by atoms with Gasteiger partial charge < -0.3 is 0 Å². The van der Waals surface area contributed by atoms with Crippen LogP contribution in [0.1, 0.15) is 38.5 Å². The lowest BCUT2D eigenvalue weighted by molar-refractivity contribution is -0.0964. The van der Waals surface area contributed by atoms with E-state index in [1.807, 2.05) is 0 Å². The second-order valence-corrected chi connectivity index (χ2v) is 10.9. The third kappa shape index (κ3) is 2.64. The summed E-state index contributed by atoms with van der Waals surface area (Å²) in [5, 5.41) is 0. The number of sulfonamides is 1. The normalized spacial score (nSPS) is 38.0. The molecule has 0 atom stereocenters. The molecule has 6 rings (SSSR count). The molecule has 5 fully saturated rings. The summed E-state index contributed by atoms with van der Waals surface area (Å²) >= 11 is 0. The van der Waals surface area contributed by atoms with Gasteiger partial charge in [-0.15, -0.1) is 0 Å². The molecular weight excluding hydrogens is 351 g/mol. The summed E-state index contributed by atoms with van der Waals surface area (Å²) in [6.45, 7) is 2.50. The van der Waals surface area contributed by atoms with E-state index in [1.54, 1.807) is 6.07 Å². The summed E-state index contributed by atoms with van der Waals surface area (Å²) in [5.74, 6) is 2.01. The Labute approximate surface area is 155 Å². The minimum atomic E-state index is -3.74. The van der Waals surface area contributed by atoms with Gasteiger partial charge in [0, 0.05) is 31.7 Å². The minimum Gasteiger partial charge on any atom is -0.295 e. The van der Waals surface area contributed by atoms with E-state index in [0.717, 1.165) is 30.8 Å². The monoisotopic (exact) mass is 378 g/mol. The van der Waals surface area contributed by atoms with Crippen molar-refractivity contribution in [1.29, 1.82) is 0 Å². The van der Waals surface area contributed by atoms with E-state index in [9.17, 15) is 12.8 Å². The van der Waals surface area contributed by atoms with Crippen molar-refractivity contribution in [2.24, 2.45) is 17.8 Å². The smallest absolute Gasteiger partial charge is 0.246 e. The number of nitrogens with zero attached hydrogens (tertiary/aromatic N) is 2. The SMILES string of the molecule is O=S(=O)(c1ccccc1F)N1CCN(C23CC4CC(CC(C4)C2)C3)CC1. The number of hydrogen-bond acceptors (Lipinski definition) is 3. The third-order valence-corrected chi connectivity index (χ3v) is 9.30. The molecule has 4 aliphatic carbocycles. The van der Waals surface area contributed by atoms with Crippen molar-refractivity contribution < 1.29 is 12.8 Å². The Balaban J connectivity index is 1.32. The molecule has 0 spiro atoms. The number of rotatable bonds is 3. The first-order chi connectivity index (χ1) is 12.5. The maximum Gasteiger partial charge on any atom is 0.246 e. The minimum absolute atomic E-state index is 0.191. The third-order valence-electron chi connectivity index (χ3n) is 7.37. The summed E-state index contributed by atoms with van der Waals surface area (Å²) < 4.78 is 41.1. The first-order valence-electron chi connectivity index (χ1n) is 9.96. The molecule has 0 aromatic heterocycles. The predicted molar refractivity (Wildman–Crippen MR) is 97.6 cm³/mol. The zero-order valence-corrected chi connectivity index (χ0v) is 15.9. The lowest BCUT2D eigenvalue weighted by Gasteiger charge is -2.61. The summed E-state index contributed by atoms with van der Waals surface area (Å²) in [6, 6.07) is 5.70. The van der Waals surface area contributed by atoms with E-state index < -0.39 is 15.8 Å². The lowest BCUT2D eigenvalue weighted by Crippen LogP contribution is -2.64. The van der Waals surface area contributed by atoms with Crippen molar-refractivity contribution in [3.8, 4) is 0 Å². The average Bonchev–Trinajstić information content (AvgIpc) is 2.61. The number of hydrogen-bond donors (Lipinski definition) is 0. The molecule has 1 aromatic rings. The molecule has 1 aliphatic heterocycles. The topological polar surface area (TPSA) is 40.6 Å². The van der Waals surface area contributed by atoms with Crippen LogP contribution in [0.25, 0.3) is 0 Å². The van der Waals surface area contributed by atoms with Gasteiger partial charge in [0.1, 0.15) is 10.7 Å². The van der Waals surface area contributed by atoms with Gasteiger partial charge in [0.05, 0.1) is 0 Å². The van der Waals surface area contributed by atoms with Gasteiger partial charge in [0.15, 0.2) is 0 Å². The molecular formula is C20H27FN2O2S. The molecule has 1 heterocycles. The maximum atomic E-state index is 14.0. The highest BCUT2D eigenvalue weighted by molar-refractivity contribution is 7.89. The molecule has 0 unspecified atom stereocenters. The van der Waals surface area contributed by atoms with E-state index >= 15 is 0 Å².